The number of rotatable bonds is 4. The maximum absolute atomic E-state index is 5.62. The molecule has 0 saturated heterocycles. The lowest BCUT2D eigenvalue weighted by atomic mass is 10.3. The molecule has 1 atom stereocenters. The molecule has 0 bridgehead atoms. The van der Waals surface area contributed by atoms with Crippen molar-refractivity contribution in [3.63, 3.8) is 0 Å². The second-order valence-electron chi connectivity index (χ2n) is 2.84. The van der Waals surface area contributed by atoms with Gasteiger partial charge in [-0.05, 0) is 30.7 Å². The lowest BCUT2D eigenvalue weighted by Crippen LogP contribution is -2.25. The van der Waals surface area contributed by atoms with Crippen LogP contribution in [0.25, 0.3) is 0 Å². The maximum Gasteiger partial charge on any atom is 0.119 e. The van der Waals surface area contributed by atoms with Crippen molar-refractivity contribution in [1.82, 2.24) is 0 Å². The molecule has 0 heterocycles. The van der Waals surface area contributed by atoms with Crippen molar-refractivity contribution in [2.45, 2.75) is 19.4 Å². The standard InChI is InChI=1S/C10H14BrNO/c1-2-9(7-12)13-10-5-3-8(11)4-6-10/h3-6,9H,2,7,12H2,1H3. The molecule has 0 aliphatic rings. The first-order valence-corrected chi connectivity index (χ1v) is 5.18. The lowest BCUT2D eigenvalue weighted by molar-refractivity contribution is 0.205. The summed E-state index contributed by atoms with van der Waals surface area (Å²) in [6.45, 7) is 2.63. The fourth-order valence-corrected chi connectivity index (χ4v) is 1.27. The zero-order valence-corrected chi connectivity index (χ0v) is 9.25. The minimum Gasteiger partial charge on any atom is -0.489 e. The van der Waals surface area contributed by atoms with Crippen molar-refractivity contribution in [2.75, 3.05) is 6.54 Å². The van der Waals surface area contributed by atoms with Gasteiger partial charge in [0.15, 0.2) is 0 Å². The minimum atomic E-state index is 0.126. The summed E-state index contributed by atoms with van der Waals surface area (Å²) in [5, 5.41) is 0. The highest BCUT2D eigenvalue weighted by Gasteiger charge is 2.04. The predicted molar refractivity (Wildman–Crippen MR) is 57.9 cm³/mol. The molecule has 2 nitrogen and oxygen atoms in total. The molecule has 0 aromatic heterocycles. The van der Waals surface area contributed by atoms with Gasteiger partial charge < -0.3 is 10.5 Å². The minimum absolute atomic E-state index is 0.126. The van der Waals surface area contributed by atoms with Crippen molar-refractivity contribution in [1.29, 1.82) is 0 Å². The summed E-state index contributed by atoms with van der Waals surface area (Å²) in [6, 6.07) is 7.78. The van der Waals surface area contributed by atoms with Gasteiger partial charge in [0, 0.05) is 11.0 Å². The average molecular weight is 244 g/mol. The van der Waals surface area contributed by atoms with Gasteiger partial charge in [-0.3, -0.25) is 0 Å². The van der Waals surface area contributed by atoms with Crippen molar-refractivity contribution < 1.29 is 4.74 Å². The molecule has 0 aliphatic heterocycles. The Labute approximate surface area is 87.2 Å². The SMILES string of the molecule is CCC(CN)Oc1ccc(Br)cc1. The number of benzene rings is 1. The zero-order valence-electron chi connectivity index (χ0n) is 7.66. The lowest BCUT2D eigenvalue weighted by Gasteiger charge is -2.15. The Balaban J connectivity index is 2.58. The number of hydrogen-bond donors (Lipinski definition) is 1. The van der Waals surface area contributed by atoms with E-state index in [-0.39, 0.29) is 6.10 Å². The Kier molecular flexibility index (Phi) is 4.25. The molecule has 0 radical (unpaired) electrons. The van der Waals surface area contributed by atoms with Gasteiger partial charge in [-0.2, -0.15) is 0 Å². The summed E-state index contributed by atoms with van der Waals surface area (Å²) in [6.07, 6.45) is 1.06. The zero-order chi connectivity index (χ0) is 9.68. The quantitative estimate of drug-likeness (QED) is 0.883. The Morgan fingerprint density at radius 1 is 1.38 bits per heavy atom. The summed E-state index contributed by atoms with van der Waals surface area (Å²) >= 11 is 3.37. The third kappa shape index (κ3) is 3.36. The van der Waals surface area contributed by atoms with E-state index in [4.69, 9.17) is 10.5 Å². The molecule has 1 aromatic carbocycles. The molecule has 1 aromatic rings. The summed E-state index contributed by atoms with van der Waals surface area (Å²) < 4.78 is 6.68. The van der Waals surface area contributed by atoms with E-state index in [1.807, 2.05) is 24.3 Å². The topological polar surface area (TPSA) is 35.2 Å². The third-order valence-electron chi connectivity index (χ3n) is 1.83. The summed E-state index contributed by atoms with van der Waals surface area (Å²) in [5.41, 5.74) is 5.53. The van der Waals surface area contributed by atoms with E-state index < -0.39 is 0 Å². The van der Waals surface area contributed by atoms with Crippen LogP contribution in [0.1, 0.15) is 13.3 Å². The Morgan fingerprint density at radius 2 is 2.00 bits per heavy atom. The Bertz CT molecular complexity index is 244. The Hall–Kier alpha value is -0.540. The molecule has 1 unspecified atom stereocenters. The number of ether oxygens (including phenoxy) is 1. The molecule has 0 saturated carbocycles. The maximum atomic E-state index is 5.62. The van der Waals surface area contributed by atoms with Gasteiger partial charge in [-0.15, -0.1) is 0 Å². The van der Waals surface area contributed by atoms with Crippen LogP contribution in [-0.2, 0) is 0 Å². The van der Waals surface area contributed by atoms with Gasteiger partial charge in [-0.1, -0.05) is 22.9 Å². The second-order valence-corrected chi connectivity index (χ2v) is 3.75. The van der Waals surface area contributed by atoms with E-state index in [1.54, 1.807) is 0 Å². The molecule has 0 spiro atoms. The smallest absolute Gasteiger partial charge is 0.119 e. The molecule has 0 aliphatic carbocycles. The van der Waals surface area contributed by atoms with Crippen LogP contribution in [0, 0.1) is 0 Å². The monoisotopic (exact) mass is 243 g/mol. The molecule has 1 rings (SSSR count). The fraction of sp³-hybridized carbons (Fsp3) is 0.400. The van der Waals surface area contributed by atoms with Crippen molar-refractivity contribution >= 4 is 15.9 Å². The van der Waals surface area contributed by atoms with Gasteiger partial charge in [-0.25, -0.2) is 0 Å². The molecular formula is C10H14BrNO. The van der Waals surface area contributed by atoms with E-state index in [9.17, 15) is 0 Å². The van der Waals surface area contributed by atoms with Crippen molar-refractivity contribution in [3.05, 3.63) is 28.7 Å². The molecule has 3 heteroatoms. The van der Waals surface area contributed by atoms with E-state index in [0.717, 1.165) is 16.6 Å². The second kappa shape index (κ2) is 5.25. The third-order valence-corrected chi connectivity index (χ3v) is 2.36. The first kappa shape index (κ1) is 10.5. The summed E-state index contributed by atoms with van der Waals surface area (Å²) in [7, 11) is 0. The number of halogens is 1. The predicted octanol–water partition coefficient (Wildman–Crippen LogP) is 2.57. The molecule has 13 heavy (non-hydrogen) atoms. The summed E-state index contributed by atoms with van der Waals surface area (Å²) in [4.78, 5) is 0. The van der Waals surface area contributed by atoms with E-state index >= 15 is 0 Å². The van der Waals surface area contributed by atoms with E-state index in [2.05, 4.69) is 22.9 Å². The van der Waals surface area contributed by atoms with Gasteiger partial charge >= 0.3 is 0 Å². The highest BCUT2D eigenvalue weighted by Crippen LogP contribution is 2.17. The number of hydrogen-bond acceptors (Lipinski definition) is 2. The molecule has 72 valence electrons. The van der Waals surface area contributed by atoms with Crippen LogP contribution in [0.2, 0.25) is 0 Å². The van der Waals surface area contributed by atoms with Crippen molar-refractivity contribution in [2.24, 2.45) is 5.73 Å². The molecule has 2 N–H and O–H groups in total. The van der Waals surface area contributed by atoms with Gasteiger partial charge in [0.2, 0.25) is 0 Å². The fourth-order valence-electron chi connectivity index (χ4n) is 1.00. The van der Waals surface area contributed by atoms with Crippen molar-refractivity contribution in [3.8, 4) is 5.75 Å². The van der Waals surface area contributed by atoms with E-state index in [1.165, 1.54) is 0 Å². The largest absolute Gasteiger partial charge is 0.489 e. The van der Waals surface area contributed by atoms with Gasteiger partial charge in [0.1, 0.15) is 11.9 Å². The first-order valence-electron chi connectivity index (χ1n) is 4.38. The average Bonchev–Trinajstić information content (AvgIpc) is 2.17. The van der Waals surface area contributed by atoms with Crippen LogP contribution in [-0.4, -0.2) is 12.6 Å². The molecule has 0 fully saturated rings. The highest BCUT2D eigenvalue weighted by atomic mass is 79.9. The number of nitrogens with two attached hydrogens (primary N) is 1. The highest BCUT2D eigenvalue weighted by molar-refractivity contribution is 9.10. The van der Waals surface area contributed by atoms with Crippen LogP contribution in [0.3, 0.4) is 0 Å². The van der Waals surface area contributed by atoms with Crippen LogP contribution in [0.5, 0.6) is 5.75 Å². The Morgan fingerprint density at radius 3 is 2.46 bits per heavy atom. The van der Waals surface area contributed by atoms with Crippen LogP contribution < -0.4 is 10.5 Å². The molecule has 0 amide bonds. The van der Waals surface area contributed by atoms with Crippen LogP contribution in [0.15, 0.2) is 28.7 Å². The van der Waals surface area contributed by atoms with E-state index in [0.29, 0.717) is 6.54 Å². The molecular weight excluding hydrogens is 230 g/mol. The van der Waals surface area contributed by atoms with Gasteiger partial charge in [0.05, 0.1) is 0 Å². The van der Waals surface area contributed by atoms with Crippen LogP contribution >= 0.6 is 15.9 Å². The summed E-state index contributed by atoms with van der Waals surface area (Å²) in [5.74, 6) is 0.875. The van der Waals surface area contributed by atoms with Crippen LogP contribution in [0.4, 0.5) is 0 Å². The first-order chi connectivity index (χ1) is 6.26. The van der Waals surface area contributed by atoms with Gasteiger partial charge in [0.25, 0.3) is 0 Å². The normalized spacial score (nSPS) is 12.5.